The SMILES string of the molecule is CC1CN[C@@H](CCCOc2cc3ncnc(Nc4ccc(F)c(Cl)c4)c3cc2N)C(=O)O1. The van der Waals surface area contributed by atoms with Crippen molar-refractivity contribution in [1.82, 2.24) is 15.3 Å². The normalized spacial score (nSPS) is 18.4. The van der Waals surface area contributed by atoms with E-state index in [4.69, 9.17) is 26.8 Å². The van der Waals surface area contributed by atoms with Crippen molar-refractivity contribution in [1.29, 1.82) is 0 Å². The minimum absolute atomic E-state index is 0.00904. The van der Waals surface area contributed by atoms with Gasteiger partial charge in [0.2, 0.25) is 0 Å². The van der Waals surface area contributed by atoms with Gasteiger partial charge in [-0.25, -0.2) is 14.4 Å². The van der Waals surface area contributed by atoms with E-state index in [1.807, 2.05) is 6.92 Å². The molecule has 32 heavy (non-hydrogen) atoms. The minimum atomic E-state index is -0.499. The van der Waals surface area contributed by atoms with Crippen LogP contribution >= 0.6 is 11.6 Å². The van der Waals surface area contributed by atoms with Crippen LogP contribution in [-0.4, -0.2) is 41.2 Å². The second-order valence-corrected chi connectivity index (χ2v) is 7.99. The molecule has 3 aromatic rings. The monoisotopic (exact) mass is 459 g/mol. The summed E-state index contributed by atoms with van der Waals surface area (Å²) in [5.74, 6) is 0.279. The molecule has 1 fully saturated rings. The van der Waals surface area contributed by atoms with Crippen LogP contribution in [0, 0.1) is 5.82 Å². The second-order valence-electron chi connectivity index (χ2n) is 7.58. The lowest BCUT2D eigenvalue weighted by Gasteiger charge is -2.27. The molecule has 0 aliphatic carbocycles. The van der Waals surface area contributed by atoms with Gasteiger partial charge in [-0.15, -0.1) is 0 Å². The number of hydrogen-bond donors (Lipinski definition) is 3. The van der Waals surface area contributed by atoms with Crippen molar-refractivity contribution in [2.24, 2.45) is 0 Å². The molecule has 1 aliphatic heterocycles. The van der Waals surface area contributed by atoms with E-state index in [-0.39, 0.29) is 23.1 Å². The lowest BCUT2D eigenvalue weighted by atomic mass is 10.1. The number of fused-ring (bicyclic) bond motifs is 1. The van der Waals surface area contributed by atoms with Gasteiger partial charge < -0.3 is 25.8 Å². The van der Waals surface area contributed by atoms with Crippen LogP contribution in [0.25, 0.3) is 10.9 Å². The van der Waals surface area contributed by atoms with Crippen LogP contribution in [0.1, 0.15) is 19.8 Å². The summed E-state index contributed by atoms with van der Waals surface area (Å²) in [6.45, 7) is 2.89. The first-order chi connectivity index (χ1) is 15.4. The number of ether oxygens (including phenoxy) is 2. The molecule has 10 heteroatoms. The molecule has 1 saturated heterocycles. The number of benzene rings is 2. The van der Waals surface area contributed by atoms with Gasteiger partial charge in [0, 0.05) is 23.7 Å². The fraction of sp³-hybridized carbons (Fsp3) is 0.318. The number of nitrogens with one attached hydrogen (secondary N) is 2. The highest BCUT2D eigenvalue weighted by molar-refractivity contribution is 6.31. The fourth-order valence-corrected chi connectivity index (χ4v) is 3.62. The molecule has 1 unspecified atom stereocenters. The van der Waals surface area contributed by atoms with Crippen LogP contribution in [-0.2, 0) is 9.53 Å². The first kappa shape index (κ1) is 22.0. The van der Waals surface area contributed by atoms with Gasteiger partial charge in [-0.3, -0.25) is 4.79 Å². The Bertz CT molecular complexity index is 1150. The van der Waals surface area contributed by atoms with Crippen LogP contribution in [0.5, 0.6) is 5.75 Å². The molecular weight excluding hydrogens is 437 g/mol. The van der Waals surface area contributed by atoms with Gasteiger partial charge in [0.1, 0.15) is 35.9 Å². The van der Waals surface area contributed by atoms with Gasteiger partial charge in [-0.2, -0.15) is 0 Å². The number of rotatable bonds is 7. The zero-order valence-electron chi connectivity index (χ0n) is 17.4. The summed E-state index contributed by atoms with van der Waals surface area (Å²) >= 11 is 5.85. The van der Waals surface area contributed by atoms with Gasteiger partial charge >= 0.3 is 5.97 Å². The summed E-state index contributed by atoms with van der Waals surface area (Å²) in [5.41, 5.74) is 7.83. The second kappa shape index (κ2) is 9.54. The van der Waals surface area contributed by atoms with Gasteiger partial charge in [-0.05, 0) is 44.0 Å². The van der Waals surface area contributed by atoms with Crippen LogP contribution in [0.4, 0.5) is 21.6 Å². The van der Waals surface area contributed by atoms with E-state index in [9.17, 15) is 9.18 Å². The number of hydrogen-bond acceptors (Lipinski definition) is 8. The number of cyclic esters (lactones) is 1. The Balaban J connectivity index is 1.42. The third-order valence-electron chi connectivity index (χ3n) is 5.10. The molecule has 168 valence electrons. The van der Waals surface area contributed by atoms with Crippen molar-refractivity contribution in [3.05, 3.63) is 47.5 Å². The van der Waals surface area contributed by atoms with Crippen LogP contribution in [0.2, 0.25) is 5.02 Å². The number of nitrogens with zero attached hydrogens (tertiary/aromatic N) is 2. The zero-order valence-corrected chi connectivity index (χ0v) is 18.2. The van der Waals surface area contributed by atoms with E-state index >= 15 is 0 Å². The van der Waals surface area contributed by atoms with Crippen LogP contribution < -0.4 is 21.1 Å². The maximum atomic E-state index is 13.4. The maximum absolute atomic E-state index is 13.4. The average molecular weight is 460 g/mol. The topological polar surface area (TPSA) is 111 Å². The number of morpholine rings is 1. The number of esters is 1. The molecule has 0 radical (unpaired) electrons. The Kier molecular flexibility index (Phi) is 6.57. The largest absolute Gasteiger partial charge is 0.491 e. The molecule has 0 spiro atoms. The van der Waals surface area contributed by atoms with E-state index in [1.165, 1.54) is 18.5 Å². The molecule has 2 aromatic carbocycles. The Labute approximate surface area is 189 Å². The zero-order chi connectivity index (χ0) is 22.7. The number of nitrogens with two attached hydrogens (primary N) is 1. The molecule has 2 heterocycles. The summed E-state index contributed by atoms with van der Waals surface area (Å²) < 4.78 is 24.5. The molecule has 1 aliphatic rings. The standard InChI is InChI=1S/C22H23ClFN5O3/c1-12-10-26-18(22(30)32-12)3-2-6-31-20-9-19-14(8-17(20)25)21(28-11-27-19)29-13-4-5-16(24)15(23)7-13/h4-5,7-9,11-12,18,26H,2-3,6,10,25H2,1H3,(H,27,28,29)/t12?,18-/m0/s1. The van der Waals surface area contributed by atoms with E-state index in [0.717, 1.165) is 0 Å². The van der Waals surface area contributed by atoms with Crippen molar-refractivity contribution in [3.8, 4) is 5.75 Å². The summed E-state index contributed by atoms with van der Waals surface area (Å²) in [7, 11) is 0. The van der Waals surface area contributed by atoms with Crippen molar-refractivity contribution in [3.63, 3.8) is 0 Å². The summed E-state index contributed by atoms with van der Waals surface area (Å²) in [5, 5.41) is 6.98. The number of carbonyl (C=O) groups is 1. The minimum Gasteiger partial charge on any atom is -0.491 e. The first-order valence-corrected chi connectivity index (χ1v) is 10.6. The molecule has 4 N–H and O–H groups in total. The maximum Gasteiger partial charge on any atom is 0.323 e. The lowest BCUT2D eigenvalue weighted by Crippen LogP contribution is -2.49. The smallest absolute Gasteiger partial charge is 0.323 e. The fourth-order valence-electron chi connectivity index (χ4n) is 3.44. The molecule has 1 aromatic heterocycles. The number of carbonyl (C=O) groups excluding carboxylic acids is 1. The highest BCUT2D eigenvalue weighted by Gasteiger charge is 2.26. The van der Waals surface area contributed by atoms with Gasteiger partial charge in [0.15, 0.2) is 0 Å². The molecular formula is C22H23ClFN5O3. The lowest BCUT2D eigenvalue weighted by molar-refractivity contribution is -0.155. The Morgan fingerprint density at radius 1 is 1.34 bits per heavy atom. The summed E-state index contributed by atoms with van der Waals surface area (Å²) in [6.07, 6.45) is 2.57. The van der Waals surface area contributed by atoms with Crippen molar-refractivity contribution in [2.75, 3.05) is 24.2 Å². The summed E-state index contributed by atoms with van der Waals surface area (Å²) in [4.78, 5) is 20.4. The third-order valence-corrected chi connectivity index (χ3v) is 5.39. The molecule has 0 amide bonds. The molecule has 0 saturated carbocycles. The van der Waals surface area contributed by atoms with Gasteiger partial charge in [-0.1, -0.05) is 11.6 Å². The Hall–Kier alpha value is -3.17. The van der Waals surface area contributed by atoms with E-state index < -0.39 is 5.82 Å². The van der Waals surface area contributed by atoms with E-state index in [1.54, 1.807) is 18.2 Å². The van der Waals surface area contributed by atoms with Crippen LogP contribution in [0.3, 0.4) is 0 Å². The Morgan fingerprint density at radius 3 is 2.97 bits per heavy atom. The summed E-state index contributed by atoms with van der Waals surface area (Å²) in [6, 6.07) is 7.46. The highest BCUT2D eigenvalue weighted by atomic mass is 35.5. The number of halogens is 2. The number of nitrogen functional groups attached to an aromatic ring is 1. The van der Waals surface area contributed by atoms with Gasteiger partial charge in [0.25, 0.3) is 0 Å². The molecule has 8 nitrogen and oxygen atoms in total. The Morgan fingerprint density at radius 2 is 2.19 bits per heavy atom. The van der Waals surface area contributed by atoms with Crippen molar-refractivity contribution < 1.29 is 18.7 Å². The molecule has 0 bridgehead atoms. The predicted octanol–water partition coefficient (Wildman–Crippen LogP) is 3.81. The average Bonchev–Trinajstić information content (AvgIpc) is 2.76. The van der Waals surface area contributed by atoms with Gasteiger partial charge in [0.05, 0.1) is 22.8 Å². The molecule has 2 atom stereocenters. The number of anilines is 3. The molecule has 4 rings (SSSR count). The van der Waals surface area contributed by atoms with Crippen LogP contribution in [0.15, 0.2) is 36.7 Å². The number of aromatic nitrogens is 2. The highest BCUT2D eigenvalue weighted by Crippen LogP contribution is 2.32. The van der Waals surface area contributed by atoms with Crippen molar-refractivity contribution in [2.45, 2.75) is 31.9 Å². The third kappa shape index (κ3) is 5.00. The van der Waals surface area contributed by atoms with E-state index in [0.29, 0.717) is 59.8 Å². The van der Waals surface area contributed by atoms with E-state index in [2.05, 4.69) is 20.6 Å². The predicted molar refractivity (Wildman–Crippen MR) is 121 cm³/mol. The van der Waals surface area contributed by atoms with Crippen molar-refractivity contribution >= 4 is 45.7 Å². The quantitative estimate of drug-likeness (QED) is 0.278. The first-order valence-electron chi connectivity index (χ1n) is 10.2.